The topological polar surface area (TPSA) is 75.7 Å². The van der Waals surface area contributed by atoms with Gasteiger partial charge in [0.15, 0.2) is 0 Å². The molecule has 2 rings (SSSR count). The number of nitrogens with one attached hydrogen (secondary N) is 2. The molecule has 0 spiro atoms. The van der Waals surface area contributed by atoms with Crippen molar-refractivity contribution in [1.29, 1.82) is 0 Å². The third kappa shape index (κ3) is 2.13. The molecule has 0 amide bonds. The highest BCUT2D eigenvalue weighted by Gasteiger charge is 2.10. The van der Waals surface area contributed by atoms with Crippen LogP contribution in [-0.4, -0.2) is 27.2 Å². The van der Waals surface area contributed by atoms with Gasteiger partial charge < -0.3 is 10.1 Å². The van der Waals surface area contributed by atoms with Gasteiger partial charge in [0.25, 0.3) is 0 Å². The summed E-state index contributed by atoms with van der Waals surface area (Å²) in [4.78, 5) is 8.04. The van der Waals surface area contributed by atoms with Gasteiger partial charge in [-0.3, -0.25) is 5.10 Å². The van der Waals surface area contributed by atoms with Gasteiger partial charge in [0.05, 0.1) is 0 Å². The zero-order valence-electron chi connectivity index (χ0n) is 8.78. The molecule has 0 saturated carbocycles. The quantitative estimate of drug-likeness (QED) is 0.902. The Morgan fingerprint density at radius 1 is 1.44 bits per heavy atom. The van der Waals surface area contributed by atoms with E-state index in [2.05, 4.69) is 41.4 Å². The normalized spacial score (nSPS) is 10.2. The monoisotopic (exact) mass is 283 g/mol. The van der Waals surface area contributed by atoms with Crippen molar-refractivity contribution >= 4 is 21.7 Å². The molecule has 2 heterocycles. The summed E-state index contributed by atoms with van der Waals surface area (Å²) in [6.07, 6.45) is 1.42. The lowest BCUT2D eigenvalue weighted by molar-refractivity contribution is 0.439. The zero-order chi connectivity index (χ0) is 11.5. The Bertz CT molecular complexity index is 498. The maximum absolute atomic E-state index is 5.49. The van der Waals surface area contributed by atoms with Crippen LogP contribution in [-0.2, 0) is 0 Å². The molecule has 2 aromatic heterocycles. The summed E-state index contributed by atoms with van der Waals surface area (Å²) < 4.78 is 6.16. The maximum Gasteiger partial charge on any atom is 0.240 e. The molecule has 0 bridgehead atoms. The second-order valence-electron chi connectivity index (χ2n) is 3.08. The van der Waals surface area contributed by atoms with Gasteiger partial charge in [-0.1, -0.05) is 0 Å². The minimum absolute atomic E-state index is 0.422. The average molecular weight is 284 g/mol. The second kappa shape index (κ2) is 4.48. The lowest BCUT2D eigenvalue weighted by Gasteiger charge is -2.06. The Hall–Kier alpha value is -1.63. The van der Waals surface area contributed by atoms with Crippen LogP contribution in [0, 0.1) is 6.92 Å². The number of anilines is 1. The van der Waals surface area contributed by atoms with Crippen molar-refractivity contribution in [1.82, 2.24) is 20.2 Å². The highest BCUT2D eigenvalue weighted by Crippen LogP contribution is 2.30. The second-order valence-corrected chi connectivity index (χ2v) is 3.88. The van der Waals surface area contributed by atoms with Crippen LogP contribution in [0.2, 0.25) is 0 Å². The molecule has 0 aromatic carbocycles. The van der Waals surface area contributed by atoms with E-state index in [9.17, 15) is 0 Å². The Morgan fingerprint density at radius 3 is 2.88 bits per heavy atom. The van der Waals surface area contributed by atoms with Crippen molar-refractivity contribution in [3.8, 4) is 11.8 Å². The molecule has 2 aromatic rings. The average Bonchev–Trinajstić information content (AvgIpc) is 2.67. The third-order valence-corrected chi connectivity index (χ3v) is 2.59. The highest BCUT2D eigenvalue weighted by molar-refractivity contribution is 9.10. The van der Waals surface area contributed by atoms with E-state index in [1.54, 1.807) is 13.1 Å². The molecule has 0 radical (unpaired) electrons. The fraction of sp³-hybridized carbons (Fsp3) is 0.222. The molecular weight excluding hydrogens is 274 g/mol. The summed E-state index contributed by atoms with van der Waals surface area (Å²) in [5.41, 5.74) is 0.925. The van der Waals surface area contributed by atoms with Crippen LogP contribution in [0.1, 0.15) is 5.69 Å². The number of rotatable bonds is 3. The molecule has 0 fully saturated rings. The van der Waals surface area contributed by atoms with E-state index in [4.69, 9.17) is 4.74 Å². The van der Waals surface area contributed by atoms with Gasteiger partial charge in [0.1, 0.15) is 16.6 Å². The van der Waals surface area contributed by atoms with Crippen molar-refractivity contribution < 1.29 is 4.74 Å². The summed E-state index contributed by atoms with van der Waals surface area (Å²) in [5, 5.41) is 9.67. The molecule has 0 aliphatic rings. The van der Waals surface area contributed by atoms with Gasteiger partial charge in [-0.05, 0) is 22.9 Å². The van der Waals surface area contributed by atoms with Crippen LogP contribution in [0.25, 0.3) is 0 Å². The molecule has 0 aliphatic heterocycles. The molecule has 84 valence electrons. The first-order valence-electron chi connectivity index (χ1n) is 4.59. The highest BCUT2D eigenvalue weighted by atomic mass is 79.9. The van der Waals surface area contributed by atoms with Gasteiger partial charge in [-0.15, -0.1) is 5.10 Å². The van der Waals surface area contributed by atoms with Crippen LogP contribution in [0.15, 0.2) is 16.9 Å². The first kappa shape index (κ1) is 10.9. The van der Waals surface area contributed by atoms with E-state index in [0.29, 0.717) is 22.1 Å². The van der Waals surface area contributed by atoms with Crippen molar-refractivity contribution in [3.05, 3.63) is 22.6 Å². The van der Waals surface area contributed by atoms with Crippen LogP contribution < -0.4 is 10.1 Å². The zero-order valence-corrected chi connectivity index (χ0v) is 10.4. The van der Waals surface area contributed by atoms with Crippen molar-refractivity contribution in [2.75, 3.05) is 12.4 Å². The Labute approximate surface area is 101 Å². The van der Waals surface area contributed by atoms with Crippen molar-refractivity contribution in [3.63, 3.8) is 0 Å². The molecule has 7 heteroatoms. The molecule has 0 unspecified atom stereocenters. The molecular formula is C9H10BrN5O. The summed E-state index contributed by atoms with van der Waals surface area (Å²) in [6.45, 7) is 1.90. The lowest BCUT2D eigenvalue weighted by Crippen LogP contribution is -1.97. The van der Waals surface area contributed by atoms with E-state index in [-0.39, 0.29) is 0 Å². The number of ether oxygens (including phenoxy) is 1. The third-order valence-electron chi connectivity index (χ3n) is 1.88. The Morgan fingerprint density at radius 2 is 2.25 bits per heavy atom. The largest absolute Gasteiger partial charge is 0.418 e. The van der Waals surface area contributed by atoms with Crippen molar-refractivity contribution in [2.24, 2.45) is 0 Å². The fourth-order valence-electron chi connectivity index (χ4n) is 1.14. The summed E-state index contributed by atoms with van der Waals surface area (Å²) >= 11 is 3.36. The molecule has 0 atom stereocenters. The number of hydrogen-bond donors (Lipinski definition) is 2. The predicted octanol–water partition coefficient (Wildman–Crippen LogP) is 2.10. The standard InChI is InChI=1S/C9H10BrN5O/c1-5-3-6(15-14-5)16-9-7(10)8(11-2)12-4-13-9/h3-4H,1-2H3,(H,14,15)(H,11,12,13). The molecule has 0 aliphatic carbocycles. The number of halogens is 1. The van der Waals surface area contributed by atoms with Crippen LogP contribution >= 0.6 is 15.9 Å². The summed E-state index contributed by atoms with van der Waals surface area (Å²) in [6, 6.07) is 1.79. The Kier molecular flexibility index (Phi) is 3.04. The number of aryl methyl sites for hydroxylation is 1. The fourth-order valence-corrected chi connectivity index (χ4v) is 1.63. The van der Waals surface area contributed by atoms with E-state index in [1.165, 1.54) is 6.33 Å². The van der Waals surface area contributed by atoms with E-state index in [1.807, 2.05) is 6.92 Å². The van der Waals surface area contributed by atoms with Gasteiger partial charge in [-0.25, -0.2) is 9.97 Å². The first-order chi connectivity index (χ1) is 7.70. The summed E-state index contributed by atoms with van der Waals surface area (Å²) in [7, 11) is 1.77. The van der Waals surface area contributed by atoms with E-state index >= 15 is 0 Å². The minimum atomic E-state index is 0.422. The van der Waals surface area contributed by atoms with Gasteiger partial charge in [0.2, 0.25) is 11.8 Å². The number of H-pyrrole nitrogens is 1. The molecule has 16 heavy (non-hydrogen) atoms. The predicted molar refractivity (Wildman–Crippen MR) is 62.7 cm³/mol. The van der Waals surface area contributed by atoms with Gasteiger partial charge in [0, 0.05) is 18.8 Å². The van der Waals surface area contributed by atoms with Crippen molar-refractivity contribution in [2.45, 2.75) is 6.92 Å². The summed E-state index contributed by atoms with van der Waals surface area (Å²) in [5.74, 6) is 1.56. The smallest absolute Gasteiger partial charge is 0.240 e. The molecule has 0 saturated heterocycles. The first-order valence-corrected chi connectivity index (χ1v) is 5.38. The minimum Gasteiger partial charge on any atom is -0.418 e. The van der Waals surface area contributed by atoms with Crippen LogP contribution in [0.4, 0.5) is 5.82 Å². The lowest BCUT2D eigenvalue weighted by atomic mass is 10.5. The molecule has 6 nitrogen and oxygen atoms in total. The SMILES string of the molecule is CNc1ncnc(Oc2cc(C)[nH]n2)c1Br. The van der Waals surface area contributed by atoms with Gasteiger partial charge in [-0.2, -0.15) is 0 Å². The maximum atomic E-state index is 5.49. The number of aromatic amines is 1. The van der Waals surface area contributed by atoms with E-state index in [0.717, 1.165) is 5.69 Å². The number of aromatic nitrogens is 4. The van der Waals surface area contributed by atoms with Crippen LogP contribution in [0.5, 0.6) is 11.8 Å². The van der Waals surface area contributed by atoms with Gasteiger partial charge >= 0.3 is 0 Å². The van der Waals surface area contributed by atoms with E-state index < -0.39 is 0 Å². The Balaban J connectivity index is 2.28. The number of nitrogens with zero attached hydrogens (tertiary/aromatic N) is 3. The van der Waals surface area contributed by atoms with Crippen LogP contribution in [0.3, 0.4) is 0 Å². The number of hydrogen-bond acceptors (Lipinski definition) is 5. The molecule has 2 N–H and O–H groups in total.